The first-order chi connectivity index (χ1) is 6.75. The fourth-order valence-electron chi connectivity index (χ4n) is 1.61. The summed E-state index contributed by atoms with van der Waals surface area (Å²) >= 11 is 4.37. The smallest absolute Gasteiger partial charge is 0.149 e. The van der Waals surface area contributed by atoms with Crippen molar-refractivity contribution in [3.05, 3.63) is 17.8 Å². The summed E-state index contributed by atoms with van der Waals surface area (Å²) in [6.07, 6.45) is 2.89. The summed E-state index contributed by atoms with van der Waals surface area (Å²) in [4.78, 5) is 4.36. The molecule has 2 heterocycles. The van der Waals surface area contributed by atoms with Gasteiger partial charge in [-0.2, -0.15) is 12.6 Å². The number of pyridine rings is 1. The number of nitrogens with one attached hydrogen (secondary N) is 2. The first-order valence-corrected chi connectivity index (χ1v) is 5.42. The van der Waals surface area contributed by atoms with Crippen LogP contribution in [0.4, 0.5) is 11.5 Å². The Morgan fingerprint density at radius 2 is 2.29 bits per heavy atom. The minimum atomic E-state index is 0.381. The summed E-state index contributed by atoms with van der Waals surface area (Å²) in [6.45, 7) is 4.01. The van der Waals surface area contributed by atoms with Crippen molar-refractivity contribution in [2.45, 2.75) is 18.6 Å². The van der Waals surface area contributed by atoms with E-state index in [-0.39, 0.29) is 0 Å². The number of nitrogens with zero attached hydrogens (tertiary/aromatic N) is 1. The number of anilines is 2. The second-order valence-electron chi connectivity index (χ2n) is 3.65. The van der Waals surface area contributed by atoms with Gasteiger partial charge in [-0.3, -0.25) is 0 Å². The molecular weight excluding hydrogens is 194 g/mol. The van der Waals surface area contributed by atoms with Gasteiger partial charge in [-0.05, 0) is 18.1 Å². The van der Waals surface area contributed by atoms with E-state index >= 15 is 0 Å². The minimum absolute atomic E-state index is 0.381. The van der Waals surface area contributed by atoms with Crippen LogP contribution < -0.4 is 10.6 Å². The maximum absolute atomic E-state index is 4.37. The van der Waals surface area contributed by atoms with Crippen LogP contribution in [-0.4, -0.2) is 23.3 Å². The summed E-state index contributed by atoms with van der Waals surface area (Å²) in [7, 11) is 0. The molecule has 0 saturated heterocycles. The number of aromatic nitrogens is 1. The van der Waals surface area contributed by atoms with Gasteiger partial charge in [0.1, 0.15) is 5.82 Å². The predicted octanol–water partition coefficient (Wildman–Crippen LogP) is 1.78. The molecule has 0 amide bonds. The molecule has 0 bridgehead atoms. The quantitative estimate of drug-likeness (QED) is 0.650. The fourth-order valence-corrected chi connectivity index (χ4v) is 1.83. The number of fused-ring (bicyclic) bond motifs is 1. The second-order valence-corrected chi connectivity index (χ2v) is 4.53. The molecule has 1 aliphatic rings. The lowest BCUT2D eigenvalue weighted by molar-refractivity contribution is 0.933. The van der Waals surface area contributed by atoms with Crippen LogP contribution in [0.1, 0.15) is 12.5 Å². The largest absolute Gasteiger partial charge is 0.380 e. The first kappa shape index (κ1) is 9.65. The molecule has 0 aromatic carbocycles. The molecule has 2 N–H and O–H groups in total. The molecule has 0 radical (unpaired) electrons. The van der Waals surface area contributed by atoms with Gasteiger partial charge in [-0.1, -0.05) is 6.92 Å². The fraction of sp³-hybridized carbons (Fsp3) is 0.500. The van der Waals surface area contributed by atoms with Gasteiger partial charge in [-0.25, -0.2) is 4.98 Å². The van der Waals surface area contributed by atoms with Crippen molar-refractivity contribution in [1.29, 1.82) is 0 Å². The zero-order valence-electron chi connectivity index (χ0n) is 8.25. The van der Waals surface area contributed by atoms with E-state index in [1.165, 1.54) is 5.56 Å². The monoisotopic (exact) mass is 209 g/mol. The summed E-state index contributed by atoms with van der Waals surface area (Å²) in [5, 5.41) is 6.96. The van der Waals surface area contributed by atoms with Gasteiger partial charge < -0.3 is 10.6 Å². The predicted molar refractivity (Wildman–Crippen MR) is 63.4 cm³/mol. The van der Waals surface area contributed by atoms with E-state index in [9.17, 15) is 0 Å². The third-order valence-electron chi connectivity index (χ3n) is 2.21. The van der Waals surface area contributed by atoms with Crippen molar-refractivity contribution in [2.75, 3.05) is 23.7 Å². The third-order valence-corrected chi connectivity index (χ3v) is 2.39. The van der Waals surface area contributed by atoms with Gasteiger partial charge in [-0.15, -0.1) is 0 Å². The zero-order chi connectivity index (χ0) is 9.97. The molecule has 0 saturated carbocycles. The van der Waals surface area contributed by atoms with Crippen LogP contribution in [0.25, 0.3) is 0 Å². The molecule has 0 spiro atoms. The summed E-state index contributed by atoms with van der Waals surface area (Å²) in [5.41, 5.74) is 2.35. The topological polar surface area (TPSA) is 37.0 Å². The molecule has 0 aliphatic carbocycles. The van der Waals surface area contributed by atoms with Crippen LogP contribution in [0.2, 0.25) is 0 Å². The highest BCUT2D eigenvalue weighted by Crippen LogP contribution is 2.23. The van der Waals surface area contributed by atoms with Crippen LogP contribution in [0, 0.1) is 0 Å². The molecule has 1 aromatic rings. The first-order valence-electron chi connectivity index (χ1n) is 4.90. The summed E-state index contributed by atoms with van der Waals surface area (Å²) in [5.74, 6) is 0.965. The molecule has 4 heteroatoms. The molecular formula is C10H15N3S. The van der Waals surface area contributed by atoms with E-state index in [1.54, 1.807) is 0 Å². The number of hydrogen-bond donors (Lipinski definition) is 3. The molecule has 3 nitrogen and oxygen atoms in total. The SMILES string of the molecule is CC(S)Cc1cnc2c(c1)NCCN2. The second kappa shape index (κ2) is 4.09. The van der Waals surface area contributed by atoms with Crippen molar-refractivity contribution >= 4 is 24.1 Å². The van der Waals surface area contributed by atoms with Crippen LogP contribution in [0.5, 0.6) is 0 Å². The third kappa shape index (κ3) is 2.12. The van der Waals surface area contributed by atoms with Crippen molar-refractivity contribution in [1.82, 2.24) is 4.98 Å². The summed E-state index contributed by atoms with van der Waals surface area (Å²) < 4.78 is 0. The van der Waals surface area contributed by atoms with E-state index in [2.05, 4.69) is 41.2 Å². The lowest BCUT2D eigenvalue weighted by Gasteiger charge is -2.19. The normalized spacial score (nSPS) is 16.4. The zero-order valence-corrected chi connectivity index (χ0v) is 9.14. The van der Waals surface area contributed by atoms with Crippen LogP contribution in [0.3, 0.4) is 0 Å². The minimum Gasteiger partial charge on any atom is -0.380 e. The maximum Gasteiger partial charge on any atom is 0.149 e. The Hall–Kier alpha value is -0.900. The van der Waals surface area contributed by atoms with Crippen LogP contribution in [0.15, 0.2) is 12.3 Å². The highest BCUT2D eigenvalue weighted by Gasteiger charge is 2.09. The van der Waals surface area contributed by atoms with Gasteiger partial charge in [0.15, 0.2) is 0 Å². The molecule has 1 aliphatic heterocycles. The molecule has 76 valence electrons. The van der Waals surface area contributed by atoms with E-state index in [0.29, 0.717) is 5.25 Å². The summed E-state index contributed by atoms with van der Waals surface area (Å²) in [6, 6.07) is 2.15. The van der Waals surface area contributed by atoms with Crippen LogP contribution >= 0.6 is 12.6 Å². The number of rotatable bonds is 2. The molecule has 1 aromatic heterocycles. The Kier molecular flexibility index (Phi) is 2.82. The van der Waals surface area contributed by atoms with E-state index < -0.39 is 0 Å². The average Bonchev–Trinajstić information content (AvgIpc) is 2.17. The molecule has 2 rings (SSSR count). The van der Waals surface area contributed by atoms with E-state index in [4.69, 9.17) is 0 Å². The molecule has 0 fully saturated rings. The Morgan fingerprint density at radius 3 is 3.07 bits per heavy atom. The van der Waals surface area contributed by atoms with Gasteiger partial charge in [0.25, 0.3) is 0 Å². The lowest BCUT2D eigenvalue weighted by Crippen LogP contribution is -2.21. The van der Waals surface area contributed by atoms with E-state index in [0.717, 1.165) is 31.0 Å². The average molecular weight is 209 g/mol. The van der Waals surface area contributed by atoms with Crippen molar-refractivity contribution < 1.29 is 0 Å². The molecule has 14 heavy (non-hydrogen) atoms. The van der Waals surface area contributed by atoms with Crippen molar-refractivity contribution in [3.63, 3.8) is 0 Å². The van der Waals surface area contributed by atoms with Gasteiger partial charge in [0.2, 0.25) is 0 Å². The highest BCUT2D eigenvalue weighted by atomic mass is 32.1. The van der Waals surface area contributed by atoms with Gasteiger partial charge >= 0.3 is 0 Å². The standard InChI is InChI=1S/C10H15N3S/c1-7(14)4-8-5-9-10(13-6-8)12-3-2-11-9/h5-7,11,14H,2-4H2,1H3,(H,12,13). The Bertz CT molecular complexity index is 325. The number of thiol groups is 1. The van der Waals surface area contributed by atoms with Gasteiger partial charge in [0.05, 0.1) is 5.69 Å². The Balaban J connectivity index is 2.20. The maximum atomic E-state index is 4.37. The lowest BCUT2D eigenvalue weighted by atomic mass is 10.1. The Morgan fingerprint density at radius 1 is 1.50 bits per heavy atom. The van der Waals surface area contributed by atoms with Gasteiger partial charge in [0, 0.05) is 24.5 Å². The molecule has 1 unspecified atom stereocenters. The van der Waals surface area contributed by atoms with Crippen molar-refractivity contribution in [2.24, 2.45) is 0 Å². The molecule has 1 atom stereocenters. The highest BCUT2D eigenvalue weighted by molar-refractivity contribution is 7.80. The van der Waals surface area contributed by atoms with E-state index in [1.807, 2.05) is 6.20 Å². The van der Waals surface area contributed by atoms with Crippen LogP contribution in [-0.2, 0) is 6.42 Å². The Labute approximate surface area is 89.7 Å². The van der Waals surface area contributed by atoms with Crippen molar-refractivity contribution in [3.8, 4) is 0 Å². The number of hydrogen-bond acceptors (Lipinski definition) is 4.